The van der Waals surface area contributed by atoms with Crippen molar-refractivity contribution in [3.8, 4) is 5.75 Å². The predicted octanol–water partition coefficient (Wildman–Crippen LogP) is 3.94. The third kappa shape index (κ3) is 3.45. The Hall–Kier alpha value is -2.36. The van der Waals surface area contributed by atoms with E-state index in [2.05, 4.69) is 5.32 Å². The van der Waals surface area contributed by atoms with Crippen molar-refractivity contribution in [2.45, 2.75) is 26.8 Å². The van der Waals surface area contributed by atoms with E-state index in [0.717, 1.165) is 11.1 Å². The molecule has 0 unspecified atom stereocenters. The molecule has 0 fully saturated rings. The number of hydrogen-bond donors (Lipinski definition) is 1. The number of aryl methyl sites for hydroxylation is 2. The fourth-order valence-corrected chi connectivity index (χ4v) is 2.20. The van der Waals surface area contributed by atoms with Crippen molar-refractivity contribution < 1.29 is 13.9 Å². The minimum atomic E-state index is -0.438. The summed E-state index contributed by atoms with van der Waals surface area (Å²) in [6, 6.07) is 9.95. The first kappa shape index (κ1) is 16.0. The van der Waals surface area contributed by atoms with Gasteiger partial charge in [-0.3, -0.25) is 4.79 Å². The van der Waals surface area contributed by atoms with Crippen LogP contribution in [0, 0.1) is 19.7 Å². The first-order chi connectivity index (χ1) is 10.4. The number of rotatable bonds is 4. The zero-order chi connectivity index (χ0) is 16.3. The highest BCUT2D eigenvalue weighted by Crippen LogP contribution is 2.22. The van der Waals surface area contributed by atoms with Crippen molar-refractivity contribution in [1.82, 2.24) is 5.32 Å². The van der Waals surface area contributed by atoms with E-state index in [1.165, 1.54) is 13.2 Å². The highest BCUT2D eigenvalue weighted by atomic mass is 19.1. The molecule has 3 nitrogen and oxygen atoms in total. The number of carbonyl (C=O) groups excluding carboxylic acids is 1. The molecule has 0 saturated heterocycles. The van der Waals surface area contributed by atoms with Gasteiger partial charge in [-0.2, -0.15) is 0 Å². The largest absolute Gasteiger partial charge is 0.494 e. The first-order valence-electron chi connectivity index (χ1n) is 7.14. The Balaban J connectivity index is 2.13. The summed E-state index contributed by atoms with van der Waals surface area (Å²) in [5, 5.41) is 2.88. The van der Waals surface area contributed by atoms with Crippen LogP contribution < -0.4 is 10.1 Å². The normalized spacial score (nSPS) is 11.9. The third-order valence-electron chi connectivity index (χ3n) is 3.79. The van der Waals surface area contributed by atoms with Crippen LogP contribution in [0.5, 0.6) is 5.75 Å². The van der Waals surface area contributed by atoms with E-state index >= 15 is 0 Å². The maximum atomic E-state index is 13.7. The average Bonchev–Trinajstić information content (AvgIpc) is 2.49. The van der Waals surface area contributed by atoms with Crippen LogP contribution in [0.2, 0.25) is 0 Å². The average molecular weight is 301 g/mol. The van der Waals surface area contributed by atoms with Gasteiger partial charge in [0.2, 0.25) is 0 Å². The quantitative estimate of drug-likeness (QED) is 0.929. The molecule has 1 N–H and O–H groups in total. The SMILES string of the molecule is COc1ccc([C@@H](C)NC(=O)c2ccc(C)c(C)c2)cc1F. The summed E-state index contributed by atoms with van der Waals surface area (Å²) in [6.45, 7) is 5.79. The minimum absolute atomic E-state index is 0.174. The van der Waals surface area contributed by atoms with Crippen molar-refractivity contribution in [2.24, 2.45) is 0 Å². The monoisotopic (exact) mass is 301 g/mol. The Morgan fingerprint density at radius 2 is 1.86 bits per heavy atom. The van der Waals surface area contributed by atoms with Gasteiger partial charge < -0.3 is 10.1 Å². The molecule has 0 aliphatic heterocycles. The van der Waals surface area contributed by atoms with Gasteiger partial charge in [-0.1, -0.05) is 12.1 Å². The van der Waals surface area contributed by atoms with Crippen LogP contribution in [0.25, 0.3) is 0 Å². The molecule has 2 aromatic rings. The van der Waals surface area contributed by atoms with E-state index in [0.29, 0.717) is 11.1 Å². The molecule has 0 saturated carbocycles. The third-order valence-corrected chi connectivity index (χ3v) is 3.79. The number of hydrogen-bond acceptors (Lipinski definition) is 2. The second-order valence-corrected chi connectivity index (χ2v) is 5.39. The Kier molecular flexibility index (Phi) is 4.81. The molecule has 2 aromatic carbocycles. The van der Waals surface area contributed by atoms with Gasteiger partial charge in [0, 0.05) is 5.56 Å². The standard InChI is InChI=1S/C18H20FNO2/c1-11-5-6-15(9-12(11)2)18(21)20-13(3)14-7-8-17(22-4)16(19)10-14/h5-10,13H,1-4H3,(H,20,21)/t13-/m1/s1. The Labute approximate surface area is 130 Å². The van der Waals surface area contributed by atoms with E-state index in [4.69, 9.17) is 4.74 Å². The summed E-state index contributed by atoms with van der Waals surface area (Å²) in [7, 11) is 1.42. The lowest BCUT2D eigenvalue weighted by Crippen LogP contribution is -2.26. The molecule has 0 radical (unpaired) electrons. The zero-order valence-corrected chi connectivity index (χ0v) is 13.2. The van der Waals surface area contributed by atoms with Gasteiger partial charge >= 0.3 is 0 Å². The van der Waals surface area contributed by atoms with Crippen LogP contribution >= 0.6 is 0 Å². The predicted molar refractivity (Wildman–Crippen MR) is 84.7 cm³/mol. The fourth-order valence-electron chi connectivity index (χ4n) is 2.20. The molecule has 1 amide bonds. The molecule has 0 spiro atoms. The van der Waals surface area contributed by atoms with Gasteiger partial charge in [0.15, 0.2) is 11.6 Å². The van der Waals surface area contributed by atoms with Crippen LogP contribution in [0.15, 0.2) is 36.4 Å². The highest BCUT2D eigenvalue weighted by molar-refractivity contribution is 5.94. The van der Waals surface area contributed by atoms with Crippen LogP contribution in [-0.2, 0) is 0 Å². The van der Waals surface area contributed by atoms with Crippen molar-refractivity contribution in [2.75, 3.05) is 7.11 Å². The molecular formula is C18H20FNO2. The number of nitrogens with one attached hydrogen (secondary N) is 1. The second kappa shape index (κ2) is 6.60. The summed E-state index contributed by atoms with van der Waals surface area (Å²) < 4.78 is 18.6. The molecule has 1 atom stereocenters. The van der Waals surface area contributed by atoms with E-state index in [1.807, 2.05) is 32.9 Å². The van der Waals surface area contributed by atoms with Gasteiger partial charge in [0.05, 0.1) is 13.2 Å². The van der Waals surface area contributed by atoms with Gasteiger partial charge in [-0.25, -0.2) is 4.39 Å². The van der Waals surface area contributed by atoms with Crippen LogP contribution in [-0.4, -0.2) is 13.0 Å². The molecule has 0 heterocycles. The fraction of sp³-hybridized carbons (Fsp3) is 0.278. The number of halogens is 1. The lowest BCUT2D eigenvalue weighted by molar-refractivity contribution is 0.0939. The molecule has 0 aliphatic rings. The zero-order valence-electron chi connectivity index (χ0n) is 13.2. The van der Waals surface area contributed by atoms with Crippen molar-refractivity contribution >= 4 is 5.91 Å². The second-order valence-electron chi connectivity index (χ2n) is 5.39. The maximum Gasteiger partial charge on any atom is 0.251 e. The molecule has 116 valence electrons. The summed E-state index contributed by atoms with van der Waals surface area (Å²) in [5.74, 6) is -0.421. The van der Waals surface area contributed by atoms with E-state index in [-0.39, 0.29) is 17.7 Å². The van der Waals surface area contributed by atoms with E-state index < -0.39 is 5.82 Å². The summed E-state index contributed by atoms with van der Waals surface area (Å²) in [4.78, 5) is 12.3. The molecule has 2 rings (SSSR count). The molecule has 0 bridgehead atoms. The van der Waals surface area contributed by atoms with Crippen molar-refractivity contribution in [1.29, 1.82) is 0 Å². The van der Waals surface area contributed by atoms with Crippen LogP contribution in [0.1, 0.15) is 40.0 Å². The van der Waals surface area contributed by atoms with Crippen molar-refractivity contribution in [3.05, 3.63) is 64.5 Å². The number of methoxy groups -OCH3 is 1. The number of carbonyl (C=O) groups is 1. The van der Waals surface area contributed by atoms with E-state index in [1.54, 1.807) is 18.2 Å². The summed E-state index contributed by atoms with van der Waals surface area (Å²) in [6.07, 6.45) is 0. The molecule has 22 heavy (non-hydrogen) atoms. The highest BCUT2D eigenvalue weighted by Gasteiger charge is 2.14. The summed E-state index contributed by atoms with van der Waals surface area (Å²) in [5.41, 5.74) is 3.50. The Bertz CT molecular complexity index is 697. The van der Waals surface area contributed by atoms with Crippen LogP contribution in [0.3, 0.4) is 0 Å². The van der Waals surface area contributed by atoms with Crippen LogP contribution in [0.4, 0.5) is 4.39 Å². The lowest BCUT2D eigenvalue weighted by atomic mass is 10.0. The van der Waals surface area contributed by atoms with Crippen molar-refractivity contribution in [3.63, 3.8) is 0 Å². The number of benzene rings is 2. The minimum Gasteiger partial charge on any atom is -0.494 e. The Morgan fingerprint density at radius 1 is 1.14 bits per heavy atom. The van der Waals surface area contributed by atoms with Gasteiger partial charge in [0.1, 0.15) is 0 Å². The maximum absolute atomic E-state index is 13.7. The van der Waals surface area contributed by atoms with Gasteiger partial charge in [-0.15, -0.1) is 0 Å². The smallest absolute Gasteiger partial charge is 0.251 e. The first-order valence-corrected chi connectivity index (χ1v) is 7.14. The van der Waals surface area contributed by atoms with Gasteiger partial charge in [-0.05, 0) is 61.7 Å². The molecular weight excluding hydrogens is 281 g/mol. The lowest BCUT2D eigenvalue weighted by Gasteiger charge is -2.15. The summed E-state index contributed by atoms with van der Waals surface area (Å²) >= 11 is 0. The molecule has 0 aromatic heterocycles. The molecule has 4 heteroatoms. The van der Waals surface area contributed by atoms with Gasteiger partial charge in [0.25, 0.3) is 5.91 Å². The Morgan fingerprint density at radius 3 is 2.45 bits per heavy atom. The number of ether oxygens (including phenoxy) is 1. The topological polar surface area (TPSA) is 38.3 Å². The van der Waals surface area contributed by atoms with E-state index in [9.17, 15) is 9.18 Å². The number of amides is 1. The molecule has 0 aliphatic carbocycles.